The second kappa shape index (κ2) is 6.93. The maximum Gasteiger partial charge on any atom is 0.219 e. The van der Waals surface area contributed by atoms with E-state index in [4.69, 9.17) is 0 Å². The number of aromatic nitrogens is 2. The summed E-state index contributed by atoms with van der Waals surface area (Å²) in [5, 5.41) is 0. The Bertz CT molecular complexity index is 538. The number of carbonyl (C=O) groups excluding carboxylic acids is 1. The number of piperazine rings is 1. The van der Waals surface area contributed by atoms with E-state index in [1.165, 1.54) is 0 Å². The minimum atomic E-state index is 0.198. The largest absolute Gasteiger partial charge is 0.340 e. The lowest BCUT2D eigenvalue weighted by Crippen LogP contribution is -2.53. The first-order valence-electron chi connectivity index (χ1n) is 8.52. The molecule has 1 amide bonds. The van der Waals surface area contributed by atoms with E-state index in [2.05, 4.69) is 26.7 Å². The molecule has 0 N–H and O–H groups in total. The Balaban J connectivity index is 1.54. The van der Waals surface area contributed by atoms with E-state index in [-0.39, 0.29) is 5.91 Å². The van der Waals surface area contributed by atoms with Gasteiger partial charge >= 0.3 is 0 Å². The zero-order valence-electron chi connectivity index (χ0n) is 14.4. The summed E-state index contributed by atoms with van der Waals surface area (Å²) in [5.74, 6) is 0.848. The van der Waals surface area contributed by atoms with Crippen LogP contribution in [0.3, 0.4) is 0 Å². The number of amides is 1. The highest BCUT2D eigenvalue weighted by Crippen LogP contribution is 2.24. The summed E-state index contributed by atoms with van der Waals surface area (Å²) in [5.41, 5.74) is 2.01. The van der Waals surface area contributed by atoms with Gasteiger partial charge in [0.05, 0.1) is 11.4 Å². The van der Waals surface area contributed by atoms with Gasteiger partial charge in [0.15, 0.2) is 0 Å². The predicted molar refractivity (Wildman–Crippen MR) is 88.8 cm³/mol. The molecule has 0 bridgehead atoms. The first kappa shape index (κ1) is 16.3. The van der Waals surface area contributed by atoms with Crippen LogP contribution < -0.4 is 0 Å². The smallest absolute Gasteiger partial charge is 0.219 e. The van der Waals surface area contributed by atoms with E-state index < -0.39 is 0 Å². The molecule has 0 radical (unpaired) electrons. The Morgan fingerprint density at radius 2 is 1.91 bits per heavy atom. The van der Waals surface area contributed by atoms with Crippen LogP contribution in [-0.2, 0) is 11.3 Å². The summed E-state index contributed by atoms with van der Waals surface area (Å²) >= 11 is 0. The molecule has 2 aliphatic rings. The molecule has 3 rings (SSSR count). The van der Waals surface area contributed by atoms with Gasteiger partial charge < -0.3 is 4.90 Å². The number of aryl methyl sites for hydroxylation is 1. The van der Waals surface area contributed by atoms with Gasteiger partial charge in [-0.15, -0.1) is 0 Å². The quantitative estimate of drug-likeness (QED) is 0.824. The number of hydrogen-bond acceptors (Lipinski definition) is 5. The molecule has 6 nitrogen and oxygen atoms in total. The Morgan fingerprint density at radius 1 is 1.17 bits per heavy atom. The summed E-state index contributed by atoms with van der Waals surface area (Å²) in [7, 11) is 0. The highest BCUT2D eigenvalue weighted by atomic mass is 16.2. The van der Waals surface area contributed by atoms with E-state index in [0.29, 0.717) is 12.0 Å². The summed E-state index contributed by atoms with van der Waals surface area (Å²) in [4.78, 5) is 27.3. The summed E-state index contributed by atoms with van der Waals surface area (Å²) in [6.07, 6.45) is 3.73. The molecular weight excluding hydrogens is 290 g/mol. The molecular formula is C17H27N5O. The Hall–Kier alpha value is -1.53. The fraction of sp³-hybridized carbons (Fsp3) is 0.706. The van der Waals surface area contributed by atoms with Gasteiger partial charge in [-0.25, -0.2) is 0 Å². The Kier molecular flexibility index (Phi) is 4.92. The minimum Gasteiger partial charge on any atom is -0.340 e. The van der Waals surface area contributed by atoms with Gasteiger partial charge in [0.25, 0.3) is 0 Å². The molecule has 6 heteroatoms. The third kappa shape index (κ3) is 3.87. The molecule has 0 spiro atoms. The van der Waals surface area contributed by atoms with Gasteiger partial charge in [-0.3, -0.25) is 24.6 Å². The molecule has 0 saturated carbocycles. The Morgan fingerprint density at radius 3 is 2.52 bits per heavy atom. The van der Waals surface area contributed by atoms with E-state index in [0.717, 1.165) is 57.2 Å². The molecule has 0 aliphatic carbocycles. The number of hydrogen-bond donors (Lipinski definition) is 0. The number of carbonyl (C=O) groups is 1. The number of likely N-dealkylation sites (tertiary alicyclic amines) is 1. The highest BCUT2D eigenvalue weighted by molar-refractivity contribution is 5.73. The van der Waals surface area contributed by atoms with Crippen molar-refractivity contribution in [1.29, 1.82) is 0 Å². The monoisotopic (exact) mass is 317 g/mol. The van der Waals surface area contributed by atoms with Gasteiger partial charge in [-0.2, -0.15) is 0 Å². The maximum atomic E-state index is 11.5. The fourth-order valence-electron chi connectivity index (χ4n) is 3.75. The number of rotatable bonds is 3. The van der Waals surface area contributed by atoms with E-state index in [1.807, 2.05) is 24.2 Å². The molecule has 2 atom stereocenters. The van der Waals surface area contributed by atoms with Crippen molar-refractivity contribution < 1.29 is 4.79 Å². The fourth-order valence-corrected chi connectivity index (χ4v) is 3.75. The van der Waals surface area contributed by atoms with Gasteiger partial charge in [0.2, 0.25) is 5.91 Å². The lowest BCUT2D eigenvalue weighted by molar-refractivity contribution is -0.130. The molecule has 2 saturated heterocycles. The van der Waals surface area contributed by atoms with Crippen LogP contribution in [0.1, 0.15) is 25.2 Å². The minimum absolute atomic E-state index is 0.198. The van der Waals surface area contributed by atoms with E-state index in [1.54, 1.807) is 6.92 Å². The zero-order valence-corrected chi connectivity index (χ0v) is 14.4. The lowest BCUT2D eigenvalue weighted by atomic mass is 10.0. The summed E-state index contributed by atoms with van der Waals surface area (Å²) in [6.45, 7) is 12.7. The van der Waals surface area contributed by atoms with Crippen molar-refractivity contribution in [2.24, 2.45) is 5.92 Å². The second-order valence-electron chi connectivity index (χ2n) is 6.93. The van der Waals surface area contributed by atoms with E-state index >= 15 is 0 Å². The van der Waals surface area contributed by atoms with Crippen molar-refractivity contribution in [2.45, 2.75) is 33.4 Å². The molecule has 126 valence electrons. The van der Waals surface area contributed by atoms with Gasteiger partial charge in [-0.1, -0.05) is 6.92 Å². The van der Waals surface area contributed by atoms with Crippen molar-refractivity contribution in [1.82, 2.24) is 24.7 Å². The normalized spacial score (nSPS) is 26.7. The molecule has 1 aromatic heterocycles. The first-order chi connectivity index (χ1) is 11.0. The van der Waals surface area contributed by atoms with Crippen molar-refractivity contribution >= 4 is 5.91 Å². The van der Waals surface area contributed by atoms with Crippen molar-refractivity contribution in [3.05, 3.63) is 23.8 Å². The molecule has 3 heterocycles. The van der Waals surface area contributed by atoms with Crippen molar-refractivity contribution in [2.75, 3.05) is 39.3 Å². The van der Waals surface area contributed by atoms with Crippen LogP contribution in [0.5, 0.6) is 0 Å². The zero-order chi connectivity index (χ0) is 16.4. The molecule has 0 unspecified atom stereocenters. The number of nitrogens with zero attached hydrogens (tertiary/aromatic N) is 5. The van der Waals surface area contributed by atoms with Crippen LogP contribution in [0.4, 0.5) is 0 Å². The van der Waals surface area contributed by atoms with Crippen molar-refractivity contribution in [3.8, 4) is 0 Å². The lowest BCUT2D eigenvalue weighted by Gasteiger charge is -2.39. The van der Waals surface area contributed by atoms with E-state index in [9.17, 15) is 4.79 Å². The highest BCUT2D eigenvalue weighted by Gasteiger charge is 2.35. The van der Waals surface area contributed by atoms with Crippen LogP contribution >= 0.6 is 0 Å². The third-order valence-corrected chi connectivity index (χ3v) is 5.10. The second-order valence-corrected chi connectivity index (χ2v) is 6.93. The van der Waals surface area contributed by atoms with Crippen LogP contribution in [0.2, 0.25) is 0 Å². The standard InChI is InChI=1S/C17H27N5O/c1-13-10-20(11-16-9-18-14(2)8-19-16)12-17(13)22-6-4-21(5-7-22)15(3)23/h8-9,13,17H,4-7,10-12H2,1-3H3/t13-,17-/m0/s1. The van der Waals surface area contributed by atoms with Gasteiger partial charge in [0.1, 0.15) is 0 Å². The Labute approximate surface area is 138 Å². The average molecular weight is 317 g/mol. The average Bonchev–Trinajstić information content (AvgIpc) is 2.90. The molecule has 23 heavy (non-hydrogen) atoms. The third-order valence-electron chi connectivity index (χ3n) is 5.10. The van der Waals surface area contributed by atoms with Gasteiger partial charge in [0, 0.05) is 71.2 Å². The molecule has 2 aliphatic heterocycles. The predicted octanol–water partition coefficient (Wildman–Crippen LogP) is 0.769. The SMILES string of the molecule is CC(=O)N1CCN([C@H]2CN(Cc3cnc(C)cn3)C[C@@H]2C)CC1. The molecule has 2 fully saturated rings. The van der Waals surface area contributed by atoms with Crippen LogP contribution in [0.15, 0.2) is 12.4 Å². The van der Waals surface area contributed by atoms with Crippen LogP contribution in [0.25, 0.3) is 0 Å². The van der Waals surface area contributed by atoms with Crippen LogP contribution in [-0.4, -0.2) is 75.9 Å². The van der Waals surface area contributed by atoms with Crippen LogP contribution in [0, 0.1) is 12.8 Å². The molecule has 0 aromatic carbocycles. The first-order valence-corrected chi connectivity index (χ1v) is 8.52. The van der Waals surface area contributed by atoms with Gasteiger partial charge in [-0.05, 0) is 12.8 Å². The summed E-state index contributed by atoms with van der Waals surface area (Å²) < 4.78 is 0. The summed E-state index contributed by atoms with van der Waals surface area (Å²) in [6, 6.07) is 0.586. The topological polar surface area (TPSA) is 52.6 Å². The van der Waals surface area contributed by atoms with Crippen molar-refractivity contribution in [3.63, 3.8) is 0 Å². The maximum absolute atomic E-state index is 11.5. The molecule has 1 aromatic rings.